The van der Waals surface area contributed by atoms with Crippen molar-refractivity contribution >= 4 is 45.8 Å². The van der Waals surface area contributed by atoms with E-state index < -0.39 is 17.9 Å². The van der Waals surface area contributed by atoms with Crippen LogP contribution in [-0.2, 0) is 9.59 Å². The lowest BCUT2D eigenvalue weighted by Gasteiger charge is -2.16. The Kier molecular flexibility index (Phi) is 4.81. The number of fused-ring (bicyclic) bond motifs is 1. The highest BCUT2D eigenvalue weighted by Crippen LogP contribution is 2.26. The Morgan fingerprint density at radius 1 is 0.964 bits per heavy atom. The fourth-order valence-electron chi connectivity index (χ4n) is 3.19. The van der Waals surface area contributed by atoms with Gasteiger partial charge in [0.1, 0.15) is 6.04 Å². The molecule has 1 atom stereocenters. The maximum atomic E-state index is 12.7. The number of rotatable bonds is 4. The smallest absolute Gasteiger partial charge is 0.265 e. The second kappa shape index (κ2) is 7.42. The molecule has 1 saturated heterocycles. The number of hydrazine groups is 1. The van der Waals surface area contributed by atoms with E-state index in [9.17, 15) is 14.4 Å². The van der Waals surface area contributed by atoms with Crippen LogP contribution in [0.15, 0.2) is 66.7 Å². The fourth-order valence-corrected chi connectivity index (χ4v) is 3.38. The minimum Gasteiger partial charge on any atom is -0.287 e. The lowest BCUT2D eigenvalue weighted by Crippen LogP contribution is -2.48. The van der Waals surface area contributed by atoms with Crippen molar-refractivity contribution in [3.63, 3.8) is 0 Å². The zero-order valence-corrected chi connectivity index (χ0v) is 15.4. The number of nitrogens with zero attached hydrogens (tertiary/aromatic N) is 1. The summed E-state index contributed by atoms with van der Waals surface area (Å²) in [6.45, 7) is 0. The van der Waals surface area contributed by atoms with Gasteiger partial charge in [0.05, 0.1) is 12.1 Å². The van der Waals surface area contributed by atoms with E-state index in [0.29, 0.717) is 16.3 Å². The molecule has 1 aliphatic heterocycles. The Morgan fingerprint density at radius 3 is 2.54 bits per heavy atom. The largest absolute Gasteiger partial charge is 0.287 e. The average Bonchev–Trinajstić information content (AvgIpc) is 2.99. The summed E-state index contributed by atoms with van der Waals surface area (Å²) in [5.41, 5.74) is 6.00. The van der Waals surface area contributed by atoms with Gasteiger partial charge in [-0.25, -0.2) is 10.3 Å². The molecular weight excluding hydrogens is 378 g/mol. The lowest BCUT2D eigenvalue weighted by atomic mass is 10.1. The monoisotopic (exact) mass is 393 g/mol. The highest BCUT2D eigenvalue weighted by Gasteiger charge is 2.39. The second-order valence-corrected chi connectivity index (χ2v) is 6.90. The minimum absolute atomic E-state index is 0.0402. The molecule has 28 heavy (non-hydrogen) atoms. The van der Waals surface area contributed by atoms with Gasteiger partial charge < -0.3 is 0 Å². The molecule has 0 saturated carbocycles. The molecule has 140 valence electrons. The lowest BCUT2D eigenvalue weighted by molar-refractivity contribution is -0.121. The summed E-state index contributed by atoms with van der Waals surface area (Å²) >= 11 is 5.88. The molecule has 0 radical (unpaired) electrons. The summed E-state index contributed by atoms with van der Waals surface area (Å²) < 4.78 is 0. The molecule has 7 heteroatoms. The number of anilines is 1. The summed E-state index contributed by atoms with van der Waals surface area (Å²) in [7, 11) is 0. The first-order valence-electron chi connectivity index (χ1n) is 8.70. The maximum Gasteiger partial charge on any atom is 0.265 e. The Balaban J connectivity index is 1.48. The van der Waals surface area contributed by atoms with Crippen LogP contribution >= 0.6 is 11.6 Å². The zero-order valence-electron chi connectivity index (χ0n) is 14.7. The van der Waals surface area contributed by atoms with Gasteiger partial charge in [-0.1, -0.05) is 48.0 Å². The predicted octanol–water partition coefficient (Wildman–Crippen LogP) is 3.06. The van der Waals surface area contributed by atoms with Gasteiger partial charge in [-0.3, -0.25) is 19.8 Å². The van der Waals surface area contributed by atoms with Crippen molar-refractivity contribution in [2.45, 2.75) is 12.5 Å². The molecule has 6 nitrogen and oxygen atoms in total. The third-order valence-corrected chi connectivity index (χ3v) is 4.82. The van der Waals surface area contributed by atoms with Gasteiger partial charge in [0.15, 0.2) is 0 Å². The van der Waals surface area contributed by atoms with E-state index in [-0.39, 0.29) is 12.3 Å². The Morgan fingerprint density at radius 2 is 1.75 bits per heavy atom. The van der Waals surface area contributed by atoms with Crippen LogP contribution in [0.2, 0.25) is 5.02 Å². The van der Waals surface area contributed by atoms with Gasteiger partial charge in [-0.15, -0.1) is 0 Å². The van der Waals surface area contributed by atoms with Gasteiger partial charge in [-0.05, 0) is 41.1 Å². The minimum atomic E-state index is -0.831. The summed E-state index contributed by atoms with van der Waals surface area (Å²) in [6.07, 6.45) is -0.0402. The van der Waals surface area contributed by atoms with Crippen molar-refractivity contribution in [1.29, 1.82) is 0 Å². The first kappa shape index (κ1) is 18.2. The Labute approximate surface area is 166 Å². The summed E-state index contributed by atoms with van der Waals surface area (Å²) in [4.78, 5) is 38.5. The molecule has 0 bridgehead atoms. The van der Waals surface area contributed by atoms with Gasteiger partial charge >= 0.3 is 0 Å². The third-order valence-electron chi connectivity index (χ3n) is 4.58. The average molecular weight is 394 g/mol. The molecule has 3 amide bonds. The van der Waals surface area contributed by atoms with Crippen LogP contribution in [0.25, 0.3) is 10.8 Å². The predicted molar refractivity (Wildman–Crippen MR) is 107 cm³/mol. The first-order chi connectivity index (χ1) is 13.5. The van der Waals surface area contributed by atoms with Gasteiger partial charge in [0.2, 0.25) is 5.91 Å². The number of halogens is 1. The van der Waals surface area contributed by atoms with E-state index in [0.717, 1.165) is 15.7 Å². The Bertz CT molecular complexity index is 1100. The van der Waals surface area contributed by atoms with Crippen molar-refractivity contribution in [2.75, 3.05) is 4.90 Å². The normalized spacial score (nSPS) is 16.6. The molecular formula is C21H16ClN3O3. The van der Waals surface area contributed by atoms with Crippen LogP contribution in [0.5, 0.6) is 0 Å². The van der Waals surface area contributed by atoms with E-state index >= 15 is 0 Å². The third kappa shape index (κ3) is 3.47. The number of hydrogen-bond donors (Lipinski definition) is 2. The SMILES string of the molecule is O=C(NNC1CC(=O)N(c2ccc3ccccc3c2)C1=O)c1cccc(Cl)c1. The molecule has 1 heterocycles. The number of carbonyl (C=O) groups excluding carboxylic acids is 3. The number of amides is 3. The molecule has 3 aromatic carbocycles. The number of carbonyl (C=O) groups is 3. The molecule has 0 aromatic heterocycles. The van der Waals surface area contributed by atoms with E-state index in [1.54, 1.807) is 30.3 Å². The van der Waals surface area contributed by atoms with Crippen LogP contribution in [-0.4, -0.2) is 23.8 Å². The molecule has 3 aromatic rings. The molecule has 4 rings (SSSR count). The van der Waals surface area contributed by atoms with E-state index in [2.05, 4.69) is 10.9 Å². The summed E-state index contributed by atoms with van der Waals surface area (Å²) in [6, 6.07) is 18.7. The Hall–Kier alpha value is -3.22. The first-order valence-corrected chi connectivity index (χ1v) is 9.08. The van der Waals surface area contributed by atoms with E-state index in [4.69, 9.17) is 11.6 Å². The summed E-state index contributed by atoms with van der Waals surface area (Å²) in [5, 5.41) is 2.39. The van der Waals surface area contributed by atoms with Crippen molar-refractivity contribution in [3.05, 3.63) is 77.3 Å². The number of nitrogens with one attached hydrogen (secondary N) is 2. The van der Waals surface area contributed by atoms with E-state index in [1.165, 1.54) is 6.07 Å². The van der Waals surface area contributed by atoms with Gasteiger partial charge in [0, 0.05) is 10.6 Å². The second-order valence-electron chi connectivity index (χ2n) is 6.46. The topological polar surface area (TPSA) is 78.5 Å². The standard InChI is InChI=1S/C21H16ClN3O3/c22-16-7-3-6-15(10-16)20(27)24-23-18-12-19(26)25(21(18)28)17-9-8-13-4-1-2-5-14(13)11-17/h1-11,18,23H,12H2,(H,24,27). The van der Waals surface area contributed by atoms with Crippen LogP contribution < -0.4 is 15.8 Å². The van der Waals surface area contributed by atoms with Crippen molar-refractivity contribution in [1.82, 2.24) is 10.9 Å². The number of imide groups is 1. The fraction of sp³-hybridized carbons (Fsp3) is 0.0952. The highest BCUT2D eigenvalue weighted by molar-refractivity contribution is 6.31. The van der Waals surface area contributed by atoms with Crippen LogP contribution in [0.1, 0.15) is 16.8 Å². The van der Waals surface area contributed by atoms with Crippen LogP contribution in [0.4, 0.5) is 5.69 Å². The maximum absolute atomic E-state index is 12.7. The van der Waals surface area contributed by atoms with Gasteiger partial charge in [0.25, 0.3) is 11.8 Å². The zero-order chi connectivity index (χ0) is 19.7. The van der Waals surface area contributed by atoms with Crippen molar-refractivity contribution < 1.29 is 14.4 Å². The molecule has 1 unspecified atom stereocenters. The molecule has 1 fully saturated rings. The van der Waals surface area contributed by atoms with Crippen molar-refractivity contribution in [3.8, 4) is 0 Å². The molecule has 0 aliphatic carbocycles. The number of benzene rings is 3. The van der Waals surface area contributed by atoms with Crippen LogP contribution in [0.3, 0.4) is 0 Å². The summed E-state index contributed by atoms with van der Waals surface area (Å²) in [5.74, 6) is -1.17. The molecule has 0 spiro atoms. The quantitative estimate of drug-likeness (QED) is 0.527. The van der Waals surface area contributed by atoms with Gasteiger partial charge in [-0.2, -0.15) is 0 Å². The number of hydrogen-bond acceptors (Lipinski definition) is 4. The van der Waals surface area contributed by atoms with Crippen LogP contribution in [0, 0.1) is 0 Å². The van der Waals surface area contributed by atoms with E-state index in [1.807, 2.05) is 30.3 Å². The molecule has 2 N–H and O–H groups in total. The highest BCUT2D eigenvalue weighted by atomic mass is 35.5. The molecule has 1 aliphatic rings. The van der Waals surface area contributed by atoms with Crippen molar-refractivity contribution in [2.24, 2.45) is 0 Å².